The summed E-state index contributed by atoms with van der Waals surface area (Å²) < 4.78 is 0.793. The molecule has 1 unspecified atom stereocenters. The van der Waals surface area contributed by atoms with Gasteiger partial charge in [-0.2, -0.15) is 0 Å². The zero-order chi connectivity index (χ0) is 15.6. The van der Waals surface area contributed by atoms with Crippen molar-refractivity contribution in [1.82, 2.24) is 4.98 Å². The number of nitrogens with zero attached hydrogens (tertiary/aromatic N) is 1. The molecule has 0 bridgehead atoms. The molecule has 110 valence electrons. The summed E-state index contributed by atoms with van der Waals surface area (Å²) in [5.74, 6) is -1.45. The molecule has 6 nitrogen and oxygen atoms in total. The van der Waals surface area contributed by atoms with E-state index >= 15 is 0 Å². The van der Waals surface area contributed by atoms with Crippen molar-refractivity contribution in [2.75, 3.05) is 5.32 Å². The molecule has 1 heterocycles. The van der Waals surface area contributed by atoms with Crippen LogP contribution in [0, 0.1) is 6.92 Å². The number of amides is 1. The van der Waals surface area contributed by atoms with Crippen molar-refractivity contribution in [3.63, 3.8) is 0 Å². The van der Waals surface area contributed by atoms with E-state index in [1.165, 1.54) is 0 Å². The molecule has 0 saturated heterocycles. The van der Waals surface area contributed by atoms with Gasteiger partial charge in [-0.25, -0.2) is 9.78 Å². The van der Waals surface area contributed by atoms with Crippen LogP contribution in [0.3, 0.4) is 0 Å². The van der Waals surface area contributed by atoms with Gasteiger partial charge in [-0.15, -0.1) is 0 Å². The van der Waals surface area contributed by atoms with Crippen LogP contribution < -0.4 is 11.1 Å². The summed E-state index contributed by atoms with van der Waals surface area (Å²) in [6, 6.07) is 4.56. The fraction of sp³-hybridized carbons (Fsp3) is 0.214. The standard InChI is InChI=1S/C14H14BrN3O3/c1-7-2-3-9(15)12-8(7)4-5-17-13(12)18-10(14(20)21)6-11(16)19/h2-5,10H,6H2,1H3,(H2,16,19)(H,17,18)(H,20,21). The number of halogens is 1. The Hall–Kier alpha value is -2.15. The number of carbonyl (C=O) groups is 2. The number of anilines is 1. The molecule has 0 aliphatic rings. The average Bonchev–Trinajstić information content (AvgIpc) is 2.41. The van der Waals surface area contributed by atoms with Crippen LogP contribution in [0.25, 0.3) is 10.8 Å². The SMILES string of the molecule is Cc1ccc(Br)c2c(NC(CC(N)=O)C(=O)O)nccc12. The Balaban J connectivity index is 2.49. The van der Waals surface area contributed by atoms with Gasteiger partial charge in [-0.3, -0.25) is 4.79 Å². The summed E-state index contributed by atoms with van der Waals surface area (Å²) in [4.78, 5) is 26.4. The van der Waals surface area contributed by atoms with Crippen molar-refractivity contribution < 1.29 is 14.7 Å². The summed E-state index contributed by atoms with van der Waals surface area (Å²) in [7, 11) is 0. The predicted molar refractivity (Wildman–Crippen MR) is 83.0 cm³/mol. The predicted octanol–water partition coefficient (Wildman–Crippen LogP) is 2.05. The van der Waals surface area contributed by atoms with Gasteiger partial charge < -0.3 is 16.2 Å². The third kappa shape index (κ3) is 3.30. The lowest BCUT2D eigenvalue weighted by atomic mass is 10.1. The molecular formula is C14H14BrN3O3. The maximum absolute atomic E-state index is 11.2. The number of hydrogen-bond acceptors (Lipinski definition) is 4. The molecule has 1 aromatic carbocycles. The minimum Gasteiger partial charge on any atom is -0.480 e. The number of aryl methyl sites for hydroxylation is 1. The van der Waals surface area contributed by atoms with E-state index in [0.717, 1.165) is 20.8 Å². The second kappa shape index (κ2) is 6.09. The molecule has 21 heavy (non-hydrogen) atoms. The van der Waals surface area contributed by atoms with E-state index in [0.29, 0.717) is 5.82 Å². The number of fused-ring (bicyclic) bond motifs is 1. The monoisotopic (exact) mass is 351 g/mol. The van der Waals surface area contributed by atoms with E-state index in [9.17, 15) is 9.59 Å². The molecule has 0 fully saturated rings. The molecule has 4 N–H and O–H groups in total. The Morgan fingerprint density at radius 1 is 1.43 bits per heavy atom. The molecule has 2 aromatic rings. The number of aliphatic carboxylic acids is 1. The average molecular weight is 352 g/mol. The number of pyridine rings is 1. The van der Waals surface area contributed by atoms with Crippen LogP contribution >= 0.6 is 15.9 Å². The minimum absolute atomic E-state index is 0.309. The highest BCUT2D eigenvalue weighted by Crippen LogP contribution is 2.31. The molecule has 0 aliphatic carbocycles. The lowest BCUT2D eigenvalue weighted by Crippen LogP contribution is -2.34. The number of nitrogens with one attached hydrogen (secondary N) is 1. The first-order valence-corrected chi connectivity index (χ1v) is 7.01. The van der Waals surface area contributed by atoms with Crippen molar-refractivity contribution in [2.45, 2.75) is 19.4 Å². The van der Waals surface area contributed by atoms with Crippen LogP contribution in [0.5, 0.6) is 0 Å². The van der Waals surface area contributed by atoms with Gasteiger partial charge in [-0.05, 0) is 30.0 Å². The smallest absolute Gasteiger partial charge is 0.326 e. The van der Waals surface area contributed by atoms with Crippen LogP contribution in [0.15, 0.2) is 28.9 Å². The van der Waals surface area contributed by atoms with Gasteiger partial charge in [-0.1, -0.05) is 22.0 Å². The van der Waals surface area contributed by atoms with Crippen molar-refractivity contribution in [2.24, 2.45) is 5.73 Å². The molecule has 1 amide bonds. The number of carbonyl (C=O) groups excluding carboxylic acids is 1. The largest absolute Gasteiger partial charge is 0.480 e. The van der Waals surface area contributed by atoms with Crippen molar-refractivity contribution in [3.8, 4) is 0 Å². The normalized spacial score (nSPS) is 12.1. The first kappa shape index (κ1) is 15.2. The van der Waals surface area contributed by atoms with Gasteiger partial charge in [0.2, 0.25) is 5.91 Å². The third-order valence-corrected chi connectivity index (χ3v) is 3.77. The quantitative estimate of drug-likeness (QED) is 0.764. The van der Waals surface area contributed by atoms with E-state index in [1.54, 1.807) is 6.20 Å². The van der Waals surface area contributed by atoms with Crippen molar-refractivity contribution in [3.05, 3.63) is 34.4 Å². The summed E-state index contributed by atoms with van der Waals surface area (Å²) >= 11 is 3.44. The van der Waals surface area contributed by atoms with Gasteiger partial charge in [0.1, 0.15) is 11.9 Å². The van der Waals surface area contributed by atoms with Gasteiger partial charge in [0, 0.05) is 16.1 Å². The summed E-state index contributed by atoms with van der Waals surface area (Å²) in [6.07, 6.45) is 1.28. The van der Waals surface area contributed by atoms with Gasteiger partial charge in [0.15, 0.2) is 0 Å². The second-order valence-corrected chi connectivity index (χ2v) is 5.51. The molecule has 7 heteroatoms. The van der Waals surface area contributed by atoms with Gasteiger partial charge in [0.05, 0.1) is 6.42 Å². The number of primary amides is 1. The fourth-order valence-corrected chi connectivity index (χ4v) is 2.61. The number of carboxylic acid groups (broad SMARTS) is 1. The molecule has 0 spiro atoms. The highest BCUT2D eigenvalue weighted by molar-refractivity contribution is 9.10. The Morgan fingerprint density at radius 2 is 2.14 bits per heavy atom. The first-order valence-electron chi connectivity index (χ1n) is 6.21. The maximum atomic E-state index is 11.2. The second-order valence-electron chi connectivity index (χ2n) is 4.65. The fourth-order valence-electron chi connectivity index (χ4n) is 2.08. The number of benzene rings is 1. The van der Waals surface area contributed by atoms with E-state index in [4.69, 9.17) is 10.8 Å². The highest BCUT2D eigenvalue weighted by Gasteiger charge is 2.21. The topological polar surface area (TPSA) is 105 Å². The highest BCUT2D eigenvalue weighted by atomic mass is 79.9. The Kier molecular flexibility index (Phi) is 4.42. The summed E-state index contributed by atoms with van der Waals surface area (Å²) in [5.41, 5.74) is 6.12. The Bertz CT molecular complexity index is 718. The van der Waals surface area contributed by atoms with Crippen molar-refractivity contribution >= 4 is 44.4 Å². The zero-order valence-corrected chi connectivity index (χ0v) is 12.8. The van der Waals surface area contributed by atoms with Crippen molar-refractivity contribution in [1.29, 1.82) is 0 Å². The zero-order valence-electron chi connectivity index (χ0n) is 11.3. The van der Waals surface area contributed by atoms with Crippen LogP contribution in [0.4, 0.5) is 5.82 Å². The van der Waals surface area contributed by atoms with Gasteiger partial charge in [0.25, 0.3) is 0 Å². The maximum Gasteiger partial charge on any atom is 0.326 e. The Morgan fingerprint density at radius 3 is 2.76 bits per heavy atom. The minimum atomic E-state index is -1.16. The van der Waals surface area contributed by atoms with E-state index in [1.807, 2.05) is 25.1 Å². The Labute approximate surface area is 129 Å². The molecule has 0 aliphatic heterocycles. The van der Waals surface area contributed by atoms with E-state index in [-0.39, 0.29) is 6.42 Å². The molecule has 1 aromatic heterocycles. The summed E-state index contributed by atoms with van der Waals surface area (Å²) in [6.45, 7) is 1.96. The molecule has 2 rings (SSSR count). The third-order valence-electron chi connectivity index (χ3n) is 3.11. The lowest BCUT2D eigenvalue weighted by Gasteiger charge is -2.16. The number of carboxylic acids is 1. The van der Waals surface area contributed by atoms with Crippen LogP contribution in [0.2, 0.25) is 0 Å². The molecule has 0 radical (unpaired) electrons. The number of rotatable bonds is 5. The van der Waals surface area contributed by atoms with Gasteiger partial charge >= 0.3 is 5.97 Å². The lowest BCUT2D eigenvalue weighted by molar-refractivity contribution is -0.139. The number of aromatic nitrogens is 1. The van der Waals surface area contributed by atoms with E-state index < -0.39 is 17.9 Å². The van der Waals surface area contributed by atoms with E-state index in [2.05, 4.69) is 26.2 Å². The molecule has 0 saturated carbocycles. The van der Waals surface area contributed by atoms with Crippen LogP contribution in [0.1, 0.15) is 12.0 Å². The first-order chi connectivity index (χ1) is 9.90. The van der Waals surface area contributed by atoms with Crippen LogP contribution in [-0.2, 0) is 9.59 Å². The number of nitrogens with two attached hydrogens (primary N) is 1. The number of hydrogen-bond donors (Lipinski definition) is 3. The molecular weight excluding hydrogens is 338 g/mol. The van der Waals surface area contributed by atoms with Crippen LogP contribution in [-0.4, -0.2) is 28.0 Å². The summed E-state index contributed by atoms with van der Waals surface area (Å²) in [5, 5.41) is 13.7. The molecule has 1 atom stereocenters.